The highest BCUT2D eigenvalue weighted by Gasteiger charge is 2.26. The van der Waals surface area contributed by atoms with E-state index in [1.807, 2.05) is 17.9 Å². The maximum atomic E-state index is 13.1. The van der Waals surface area contributed by atoms with Gasteiger partial charge in [-0.25, -0.2) is 4.98 Å². The first kappa shape index (κ1) is 17.8. The summed E-state index contributed by atoms with van der Waals surface area (Å²) in [5.74, 6) is 0.00718. The number of fused-ring (bicyclic) bond motifs is 1. The van der Waals surface area contributed by atoms with Crippen LogP contribution >= 0.6 is 0 Å². The minimum Gasteiger partial charge on any atom is -0.392 e. The molecule has 0 radical (unpaired) electrons. The molecule has 1 aliphatic heterocycles. The van der Waals surface area contributed by atoms with Crippen LogP contribution in [0.15, 0.2) is 10.6 Å². The molecular formula is C18H26N4O3. The third-order valence-corrected chi connectivity index (χ3v) is 4.54. The van der Waals surface area contributed by atoms with Crippen molar-refractivity contribution in [3.8, 4) is 0 Å². The summed E-state index contributed by atoms with van der Waals surface area (Å²) >= 11 is 0. The molecule has 136 valence electrons. The lowest BCUT2D eigenvalue weighted by Gasteiger charge is -2.35. The number of carbonyl (C=O) groups is 1. The van der Waals surface area contributed by atoms with Gasteiger partial charge in [-0.15, -0.1) is 0 Å². The van der Waals surface area contributed by atoms with E-state index in [0.29, 0.717) is 30.9 Å². The molecule has 1 saturated heterocycles. The Balaban J connectivity index is 1.84. The number of hydrogen-bond donors (Lipinski definition) is 1. The van der Waals surface area contributed by atoms with E-state index in [1.165, 1.54) is 0 Å². The van der Waals surface area contributed by atoms with E-state index in [1.54, 1.807) is 6.92 Å². The number of carbonyl (C=O) groups excluding carboxylic acids is 1. The molecule has 7 heteroatoms. The molecule has 1 amide bonds. The number of aliphatic hydroxyl groups is 1. The van der Waals surface area contributed by atoms with Crippen molar-refractivity contribution in [2.45, 2.75) is 39.7 Å². The quantitative estimate of drug-likeness (QED) is 0.886. The minimum atomic E-state index is -0.349. The zero-order valence-electron chi connectivity index (χ0n) is 15.2. The molecule has 2 aromatic rings. The molecule has 1 atom stereocenters. The summed E-state index contributed by atoms with van der Waals surface area (Å²) < 4.78 is 5.35. The fourth-order valence-corrected chi connectivity index (χ4v) is 3.39. The van der Waals surface area contributed by atoms with Crippen LogP contribution < -0.4 is 0 Å². The first-order valence-corrected chi connectivity index (χ1v) is 8.95. The van der Waals surface area contributed by atoms with Crippen LogP contribution in [0.3, 0.4) is 0 Å². The average Bonchev–Trinajstić information content (AvgIpc) is 2.97. The van der Waals surface area contributed by atoms with Crippen LogP contribution in [-0.4, -0.2) is 69.8 Å². The highest BCUT2D eigenvalue weighted by atomic mass is 16.5. The SMILES string of the molecule is CCCc1noc2nc(C)cc(C(=O)N3CCN(C[C@H](C)O)CC3)c12. The lowest BCUT2D eigenvalue weighted by molar-refractivity contribution is 0.0555. The Bertz CT molecular complexity index is 748. The molecule has 25 heavy (non-hydrogen) atoms. The Morgan fingerprint density at radius 1 is 1.36 bits per heavy atom. The summed E-state index contributed by atoms with van der Waals surface area (Å²) in [4.78, 5) is 21.5. The van der Waals surface area contributed by atoms with Crippen LogP contribution in [0.1, 0.15) is 42.0 Å². The Morgan fingerprint density at radius 2 is 2.08 bits per heavy atom. The Morgan fingerprint density at radius 3 is 2.72 bits per heavy atom. The standard InChI is InChI=1S/C18H26N4O3/c1-4-5-15-16-14(10-12(2)19-17(16)25-20-15)18(24)22-8-6-21(7-9-22)11-13(3)23/h10,13,23H,4-9,11H2,1-3H3/t13-/m0/s1. The zero-order chi connectivity index (χ0) is 18.0. The van der Waals surface area contributed by atoms with E-state index >= 15 is 0 Å². The van der Waals surface area contributed by atoms with Crippen LogP contribution in [0.4, 0.5) is 0 Å². The van der Waals surface area contributed by atoms with Crippen LogP contribution in [-0.2, 0) is 6.42 Å². The summed E-state index contributed by atoms with van der Waals surface area (Å²) in [6.07, 6.45) is 1.35. The fraction of sp³-hybridized carbons (Fsp3) is 0.611. The number of hydrogen-bond acceptors (Lipinski definition) is 6. The van der Waals surface area contributed by atoms with Gasteiger partial charge in [-0.1, -0.05) is 18.5 Å². The number of nitrogens with zero attached hydrogens (tertiary/aromatic N) is 4. The highest BCUT2D eigenvalue weighted by Crippen LogP contribution is 2.25. The molecule has 0 saturated carbocycles. The predicted octanol–water partition coefficient (Wildman–Crippen LogP) is 1.62. The van der Waals surface area contributed by atoms with Gasteiger partial charge in [-0.05, 0) is 26.3 Å². The monoisotopic (exact) mass is 346 g/mol. The largest absolute Gasteiger partial charge is 0.392 e. The van der Waals surface area contributed by atoms with Crippen molar-refractivity contribution < 1.29 is 14.4 Å². The van der Waals surface area contributed by atoms with Crippen molar-refractivity contribution >= 4 is 17.0 Å². The van der Waals surface area contributed by atoms with E-state index in [0.717, 1.165) is 42.7 Å². The van der Waals surface area contributed by atoms with Crippen molar-refractivity contribution in [1.82, 2.24) is 19.9 Å². The molecule has 3 rings (SSSR count). The average molecular weight is 346 g/mol. The molecule has 0 aromatic carbocycles. The molecule has 1 aliphatic rings. The molecule has 2 aromatic heterocycles. The van der Waals surface area contributed by atoms with E-state index in [4.69, 9.17) is 4.52 Å². The van der Waals surface area contributed by atoms with Crippen molar-refractivity contribution in [3.05, 3.63) is 23.0 Å². The van der Waals surface area contributed by atoms with E-state index < -0.39 is 0 Å². The summed E-state index contributed by atoms with van der Waals surface area (Å²) in [6.45, 7) is 9.22. The second kappa shape index (κ2) is 7.49. The number of rotatable bonds is 5. The Kier molecular flexibility index (Phi) is 5.34. The number of β-amino-alcohol motifs (C(OH)–C–C–N with tert-alkyl or cyclic N) is 1. The third-order valence-electron chi connectivity index (χ3n) is 4.54. The van der Waals surface area contributed by atoms with E-state index in [9.17, 15) is 9.90 Å². The summed E-state index contributed by atoms with van der Waals surface area (Å²) in [6, 6.07) is 1.84. The summed E-state index contributed by atoms with van der Waals surface area (Å²) in [5, 5.41) is 14.4. The molecule has 1 N–H and O–H groups in total. The number of aromatic nitrogens is 2. The van der Waals surface area contributed by atoms with Gasteiger partial charge in [-0.3, -0.25) is 9.69 Å². The maximum absolute atomic E-state index is 13.1. The highest BCUT2D eigenvalue weighted by molar-refractivity contribution is 6.06. The number of aliphatic hydroxyl groups excluding tert-OH is 1. The van der Waals surface area contributed by atoms with Crippen LogP contribution in [0.2, 0.25) is 0 Å². The van der Waals surface area contributed by atoms with E-state index in [2.05, 4.69) is 22.0 Å². The van der Waals surface area contributed by atoms with Gasteiger partial charge in [0.05, 0.1) is 22.7 Å². The van der Waals surface area contributed by atoms with Gasteiger partial charge < -0.3 is 14.5 Å². The first-order valence-electron chi connectivity index (χ1n) is 8.95. The number of pyridine rings is 1. The smallest absolute Gasteiger partial charge is 0.258 e. The minimum absolute atomic E-state index is 0.00718. The number of piperazine rings is 1. The summed E-state index contributed by atoms with van der Waals surface area (Å²) in [7, 11) is 0. The number of aryl methyl sites for hydroxylation is 2. The lowest BCUT2D eigenvalue weighted by Crippen LogP contribution is -2.50. The molecule has 0 spiro atoms. The van der Waals surface area contributed by atoms with Gasteiger partial charge in [0.25, 0.3) is 11.6 Å². The van der Waals surface area contributed by atoms with Gasteiger partial charge >= 0.3 is 0 Å². The normalized spacial score (nSPS) is 17.2. The number of amides is 1. The van der Waals surface area contributed by atoms with Crippen LogP contribution in [0.25, 0.3) is 11.1 Å². The Labute approximate surface area is 147 Å². The molecule has 7 nitrogen and oxygen atoms in total. The summed E-state index contributed by atoms with van der Waals surface area (Å²) in [5.41, 5.74) is 2.64. The predicted molar refractivity (Wildman–Crippen MR) is 94.6 cm³/mol. The van der Waals surface area contributed by atoms with Gasteiger partial charge in [0.2, 0.25) is 0 Å². The topological polar surface area (TPSA) is 82.7 Å². The molecule has 1 fully saturated rings. The van der Waals surface area contributed by atoms with Crippen LogP contribution in [0, 0.1) is 6.92 Å². The zero-order valence-corrected chi connectivity index (χ0v) is 15.2. The van der Waals surface area contributed by atoms with Gasteiger partial charge in [-0.2, -0.15) is 0 Å². The Hall–Kier alpha value is -1.99. The van der Waals surface area contributed by atoms with Gasteiger partial charge in [0, 0.05) is 38.4 Å². The molecular weight excluding hydrogens is 320 g/mol. The molecule has 3 heterocycles. The molecule has 0 aliphatic carbocycles. The van der Waals surface area contributed by atoms with Crippen molar-refractivity contribution in [3.63, 3.8) is 0 Å². The molecule has 0 bridgehead atoms. The third kappa shape index (κ3) is 3.82. The van der Waals surface area contributed by atoms with Crippen molar-refractivity contribution in [1.29, 1.82) is 0 Å². The second-order valence-corrected chi connectivity index (χ2v) is 6.81. The van der Waals surface area contributed by atoms with E-state index in [-0.39, 0.29) is 12.0 Å². The van der Waals surface area contributed by atoms with Gasteiger partial charge in [0.1, 0.15) is 0 Å². The maximum Gasteiger partial charge on any atom is 0.258 e. The lowest BCUT2D eigenvalue weighted by atomic mass is 10.1. The second-order valence-electron chi connectivity index (χ2n) is 6.81. The van der Waals surface area contributed by atoms with Gasteiger partial charge in [0.15, 0.2) is 0 Å². The van der Waals surface area contributed by atoms with Crippen molar-refractivity contribution in [2.24, 2.45) is 0 Å². The van der Waals surface area contributed by atoms with Crippen LogP contribution in [0.5, 0.6) is 0 Å². The molecule has 0 unspecified atom stereocenters. The first-order chi connectivity index (χ1) is 12.0. The van der Waals surface area contributed by atoms with Crippen molar-refractivity contribution in [2.75, 3.05) is 32.7 Å². The fourth-order valence-electron chi connectivity index (χ4n) is 3.39.